The summed E-state index contributed by atoms with van der Waals surface area (Å²) in [7, 11) is 0. The average molecular weight is 390 g/mol. The van der Waals surface area contributed by atoms with Gasteiger partial charge >= 0.3 is 0 Å². The van der Waals surface area contributed by atoms with Crippen LogP contribution in [-0.2, 0) is 4.79 Å². The van der Waals surface area contributed by atoms with Gasteiger partial charge in [0.1, 0.15) is 11.9 Å². The zero-order valence-electron chi connectivity index (χ0n) is 16.4. The van der Waals surface area contributed by atoms with Crippen molar-refractivity contribution in [3.05, 3.63) is 101 Å². The van der Waals surface area contributed by atoms with Crippen LogP contribution in [0.2, 0.25) is 0 Å². The highest BCUT2D eigenvalue weighted by Crippen LogP contribution is 2.22. The maximum Gasteiger partial charge on any atom is 0.246 e. The molecule has 3 aromatic rings. The van der Waals surface area contributed by atoms with Gasteiger partial charge in [0.15, 0.2) is 5.78 Å². The lowest BCUT2D eigenvalue weighted by Gasteiger charge is -2.24. The Kier molecular flexibility index (Phi) is 6.52. The van der Waals surface area contributed by atoms with E-state index in [0.29, 0.717) is 11.3 Å². The number of anilines is 1. The van der Waals surface area contributed by atoms with Crippen LogP contribution in [0.3, 0.4) is 0 Å². The number of amides is 1. The first-order valence-electron chi connectivity index (χ1n) is 9.42. The van der Waals surface area contributed by atoms with E-state index in [2.05, 4.69) is 10.6 Å². The Hall–Kier alpha value is -3.31. The highest BCUT2D eigenvalue weighted by Gasteiger charge is 2.23. The van der Waals surface area contributed by atoms with E-state index >= 15 is 0 Å². The maximum absolute atomic E-state index is 13.2. The third-order valence-corrected chi connectivity index (χ3v) is 4.72. The second kappa shape index (κ2) is 9.26. The van der Waals surface area contributed by atoms with Crippen molar-refractivity contribution < 1.29 is 14.0 Å². The van der Waals surface area contributed by atoms with Crippen LogP contribution < -0.4 is 10.6 Å². The zero-order chi connectivity index (χ0) is 20.8. The Morgan fingerprint density at radius 1 is 0.862 bits per heavy atom. The third-order valence-electron chi connectivity index (χ3n) is 4.72. The van der Waals surface area contributed by atoms with Crippen molar-refractivity contribution >= 4 is 17.4 Å². The molecule has 0 saturated heterocycles. The number of benzene rings is 3. The number of nitrogens with one attached hydrogen (secondary N) is 2. The largest absolute Gasteiger partial charge is 0.324 e. The summed E-state index contributed by atoms with van der Waals surface area (Å²) < 4.78 is 13.2. The Labute approximate surface area is 169 Å². The fourth-order valence-corrected chi connectivity index (χ4v) is 3.10. The van der Waals surface area contributed by atoms with Gasteiger partial charge in [0.25, 0.3) is 0 Å². The maximum atomic E-state index is 13.2. The summed E-state index contributed by atoms with van der Waals surface area (Å²) in [5.41, 5.74) is 2.77. The number of ketones is 1. The van der Waals surface area contributed by atoms with E-state index < -0.39 is 6.04 Å². The first-order valence-corrected chi connectivity index (χ1v) is 9.42. The molecule has 4 nitrogen and oxygen atoms in total. The van der Waals surface area contributed by atoms with E-state index in [9.17, 15) is 14.0 Å². The van der Waals surface area contributed by atoms with Crippen LogP contribution in [0.15, 0.2) is 78.9 Å². The van der Waals surface area contributed by atoms with Gasteiger partial charge in [-0.25, -0.2) is 4.39 Å². The summed E-state index contributed by atoms with van der Waals surface area (Å²) in [6.45, 7) is 3.41. The fraction of sp³-hybridized carbons (Fsp3) is 0.167. The summed E-state index contributed by atoms with van der Waals surface area (Å²) in [6, 6.07) is 21.6. The molecule has 2 atom stereocenters. The molecular weight excluding hydrogens is 367 g/mol. The number of rotatable bonds is 7. The molecule has 148 valence electrons. The van der Waals surface area contributed by atoms with E-state index in [-0.39, 0.29) is 23.5 Å². The molecule has 0 saturated carbocycles. The van der Waals surface area contributed by atoms with Gasteiger partial charge in [-0.1, -0.05) is 54.6 Å². The average Bonchev–Trinajstić information content (AvgIpc) is 2.73. The first-order chi connectivity index (χ1) is 13.9. The first kappa shape index (κ1) is 20.4. The van der Waals surface area contributed by atoms with Gasteiger partial charge in [-0.2, -0.15) is 0 Å². The van der Waals surface area contributed by atoms with E-state index in [1.165, 1.54) is 19.1 Å². The number of carbonyl (C=O) groups excluding carboxylic acids is 2. The lowest BCUT2D eigenvalue weighted by molar-refractivity contribution is -0.118. The van der Waals surface area contributed by atoms with Crippen LogP contribution in [-0.4, -0.2) is 11.7 Å². The van der Waals surface area contributed by atoms with E-state index in [1.807, 2.05) is 37.3 Å². The minimum Gasteiger partial charge on any atom is -0.324 e. The molecule has 3 aromatic carbocycles. The van der Waals surface area contributed by atoms with Crippen molar-refractivity contribution in [2.75, 3.05) is 5.32 Å². The topological polar surface area (TPSA) is 58.2 Å². The molecule has 0 aliphatic rings. The fourth-order valence-electron chi connectivity index (χ4n) is 3.10. The van der Waals surface area contributed by atoms with Crippen LogP contribution in [0.25, 0.3) is 0 Å². The van der Waals surface area contributed by atoms with Crippen molar-refractivity contribution in [2.45, 2.75) is 25.9 Å². The van der Waals surface area contributed by atoms with Crippen molar-refractivity contribution in [2.24, 2.45) is 0 Å². The number of Topliss-reactive ketones (excluding diaryl/α,β-unsaturated/α-hetero) is 1. The highest BCUT2D eigenvalue weighted by molar-refractivity contribution is 5.98. The van der Waals surface area contributed by atoms with E-state index in [0.717, 1.165) is 11.1 Å². The molecule has 0 heterocycles. The van der Waals surface area contributed by atoms with Crippen molar-refractivity contribution in [3.8, 4) is 0 Å². The monoisotopic (exact) mass is 390 g/mol. The number of carbonyl (C=O) groups is 2. The Bertz CT molecular complexity index is 987. The predicted octanol–water partition coefficient (Wildman–Crippen LogP) is 5.06. The van der Waals surface area contributed by atoms with Gasteiger partial charge in [-0.3, -0.25) is 14.9 Å². The lowest BCUT2D eigenvalue weighted by atomic mass is 10.0. The van der Waals surface area contributed by atoms with Crippen LogP contribution in [0, 0.1) is 5.82 Å². The van der Waals surface area contributed by atoms with Gasteiger partial charge in [0.2, 0.25) is 5.91 Å². The molecule has 0 unspecified atom stereocenters. The van der Waals surface area contributed by atoms with Gasteiger partial charge in [-0.05, 0) is 49.2 Å². The summed E-state index contributed by atoms with van der Waals surface area (Å²) >= 11 is 0. The second-order valence-electron chi connectivity index (χ2n) is 6.91. The summed E-state index contributed by atoms with van der Waals surface area (Å²) in [4.78, 5) is 24.7. The molecule has 0 aromatic heterocycles. The Morgan fingerprint density at radius 2 is 1.55 bits per heavy atom. The third kappa shape index (κ3) is 5.36. The molecule has 2 N–H and O–H groups in total. The minimum absolute atomic E-state index is 0.0660. The van der Waals surface area contributed by atoms with E-state index in [1.54, 1.807) is 36.4 Å². The van der Waals surface area contributed by atoms with Gasteiger partial charge in [0, 0.05) is 17.3 Å². The molecule has 3 rings (SSSR count). The summed E-state index contributed by atoms with van der Waals surface area (Å²) in [6.07, 6.45) is 0. The SMILES string of the molecule is CC(=O)c1cccc(NC(=O)[C@H](N[C@H](C)c2ccc(F)cc2)c2ccccc2)c1. The quantitative estimate of drug-likeness (QED) is 0.555. The second-order valence-corrected chi connectivity index (χ2v) is 6.91. The number of hydrogen-bond donors (Lipinski definition) is 2. The molecular formula is C24H23FN2O2. The van der Waals surface area contributed by atoms with Crippen LogP contribution >= 0.6 is 0 Å². The van der Waals surface area contributed by atoms with Crippen molar-refractivity contribution in [1.82, 2.24) is 5.32 Å². The standard InChI is InChI=1S/C24H23FN2O2/c1-16(18-11-13-21(25)14-12-18)26-23(19-7-4-3-5-8-19)24(29)27-22-10-6-9-20(15-22)17(2)28/h3-16,23,26H,1-2H3,(H,27,29)/t16-,23-/m1/s1. The Balaban J connectivity index is 1.83. The van der Waals surface area contributed by atoms with E-state index in [4.69, 9.17) is 0 Å². The molecule has 0 aliphatic carbocycles. The van der Waals surface area contributed by atoms with Crippen LogP contribution in [0.4, 0.5) is 10.1 Å². The smallest absolute Gasteiger partial charge is 0.246 e. The van der Waals surface area contributed by atoms with Crippen LogP contribution in [0.1, 0.15) is 47.4 Å². The number of hydrogen-bond acceptors (Lipinski definition) is 3. The molecule has 0 bridgehead atoms. The lowest BCUT2D eigenvalue weighted by Crippen LogP contribution is -2.34. The minimum atomic E-state index is -0.628. The summed E-state index contributed by atoms with van der Waals surface area (Å²) in [5.74, 6) is -0.613. The molecule has 5 heteroatoms. The zero-order valence-corrected chi connectivity index (χ0v) is 16.4. The van der Waals surface area contributed by atoms with Crippen LogP contribution in [0.5, 0.6) is 0 Å². The van der Waals surface area contributed by atoms with Crippen molar-refractivity contribution in [1.29, 1.82) is 0 Å². The van der Waals surface area contributed by atoms with Crippen molar-refractivity contribution in [3.63, 3.8) is 0 Å². The summed E-state index contributed by atoms with van der Waals surface area (Å²) in [5, 5.41) is 6.21. The molecule has 0 fully saturated rings. The van der Waals surface area contributed by atoms with Gasteiger partial charge < -0.3 is 5.32 Å². The predicted molar refractivity (Wildman–Crippen MR) is 112 cm³/mol. The van der Waals surface area contributed by atoms with Gasteiger partial charge in [0.05, 0.1) is 0 Å². The molecule has 29 heavy (non-hydrogen) atoms. The Morgan fingerprint density at radius 3 is 2.21 bits per heavy atom. The van der Waals surface area contributed by atoms with Gasteiger partial charge in [-0.15, -0.1) is 0 Å². The number of halogens is 1. The molecule has 1 amide bonds. The molecule has 0 spiro atoms. The molecule has 0 radical (unpaired) electrons. The normalized spacial score (nSPS) is 12.8. The highest BCUT2D eigenvalue weighted by atomic mass is 19.1. The molecule has 0 aliphatic heterocycles.